The number of nitro groups is 1. The number of aldehydes is 1. The number of hydrogen-bond donors (Lipinski definition) is 1. The van der Waals surface area contributed by atoms with Crippen molar-refractivity contribution in [2.45, 2.75) is 6.42 Å². The number of hydrogen-bond acceptors (Lipinski definition) is 4. The Kier molecular flexibility index (Phi) is 2.95. The third-order valence-electron chi connectivity index (χ3n) is 2.27. The van der Waals surface area contributed by atoms with E-state index in [1.54, 1.807) is 24.4 Å². The number of carbonyl (C=O) groups is 1. The molecule has 0 aliphatic rings. The van der Waals surface area contributed by atoms with Crippen molar-refractivity contribution in [2.75, 3.05) is 0 Å². The Balaban J connectivity index is 2.44. The Hall–Kier alpha value is -2.50. The van der Waals surface area contributed by atoms with E-state index in [0.717, 1.165) is 11.8 Å². The van der Waals surface area contributed by atoms with Crippen molar-refractivity contribution >= 4 is 29.1 Å². The summed E-state index contributed by atoms with van der Waals surface area (Å²) in [6.07, 6.45) is 7.38. The van der Waals surface area contributed by atoms with Crippen molar-refractivity contribution in [3.8, 4) is 0 Å². The van der Waals surface area contributed by atoms with Crippen LogP contribution in [0.15, 0.2) is 24.5 Å². The number of H-pyrrole nitrogens is 1. The van der Waals surface area contributed by atoms with Gasteiger partial charge < -0.3 is 9.78 Å². The van der Waals surface area contributed by atoms with Crippen LogP contribution in [0.5, 0.6) is 0 Å². The normalized spacial score (nSPS) is 11.1. The maximum atomic E-state index is 10.7. The number of aromatic amines is 1. The number of nitrogens with one attached hydrogen (secondary N) is 1. The highest BCUT2D eigenvalue weighted by Gasteiger charge is 2.14. The average Bonchev–Trinajstić information content (AvgIpc) is 2.72. The van der Waals surface area contributed by atoms with E-state index in [-0.39, 0.29) is 5.69 Å². The average molecular weight is 231 g/mol. The van der Waals surface area contributed by atoms with Crippen LogP contribution in [0.3, 0.4) is 0 Å². The molecule has 2 aromatic rings. The van der Waals surface area contributed by atoms with Crippen LogP contribution >= 0.6 is 0 Å². The fourth-order valence-corrected chi connectivity index (χ4v) is 1.51. The van der Waals surface area contributed by atoms with Gasteiger partial charge in [0.05, 0.1) is 16.5 Å². The Morgan fingerprint density at radius 2 is 2.35 bits per heavy atom. The van der Waals surface area contributed by atoms with Gasteiger partial charge in [0, 0.05) is 12.6 Å². The van der Waals surface area contributed by atoms with Gasteiger partial charge in [-0.15, -0.1) is 0 Å². The lowest BCUT2D eigenvalue weighted by atomic mass is 10.2. The van der Waals surface area contributed by atoms with Crippen molar-refractivity contribution in [2.24, 2.45) is 0 Å². The highest BCUT2D eigenvalue weighted by atomic mass is 16.6. The van der Waals surface area contributed by atoms with Crippen LogP contribution in [0, 0.1) is 10.1 Å². The van der Waals surface area contributed by atoms with Gasteiger partial charge >= 0.3 is 0 Å². The molecular formula is C11H9N3O3. The molecule has 0 radical (unpaired) electrons. The summed E-state index contributed by atoms with van der Waals surface area (Å²) in [7, 11) is 0. The molecule has 17 heavy (non-hydrogen) atoms. The van der Waals surface area contributed by atoms with E-state index in [2.05, 4.69) is 9.97 Å². The zero-order chi connectivity index (χ0) is 12.3. The second-order valence-electron chi connectivity index (χ2n) is 3.40. The minimum absolute atomic E-state index is 0.00172. The third kappa shape index (κ3) is 2.20. The summed E-state index contributed by atoms with van der Waals surface area (Å²) in [6.45, 7) is 0. The van der Waals surface area contributed by atoms with Gasteiger partial charge in [0.15, 0.2) is 0 Å². The monoisotopic (exact) mass is 231 g/mol. The molecule has 0 unspecified atom stereocenters. The molecule has 2 rings (SSSR count). The molecule has 0 bridgehead atoms. The molecule has 1 N–H and O–H groups in total. The van der Waals surface area contributed by atoms with Gasteiger partial charge in [0.1, 0.15) is 11.9 Å². The molecular weight excluding hydrogens is 222 g/mol. The first-order valence-corrected chi connectivity index (χ1v) is 4.94. The van der Waals surface area contributed by atoms with Gasteiger partial charge in [0.2, 0.25) is 0 Å². The molecule has 2 heterocycles. The van der Waals surface area contributed by atoms with Gasteiger partial charge in [0.25, 0.3) is 5.69 Å². The summed E-state index contributed by atoms with van der Waals surface area (Å²) in [4.78, 5) is 27.2. The number of pyridine rings is 1. The van der Waals surface area contributed by atoms with Crippen molar-refractivity contribution < 1.29 is 9.72 Å². The van der Waals surface area contributed by atoms with Crippen molar-refractivity contribution in [1.29, 1.82) is 0 Å². The summed E-state index contributed by atoms with van der Waals surface area (Å²) in [5.74, 6) is 0. The number of carbonyl (C=O) groups excluding carboxylic acids is 1. The molecule has 0 spiro atoms. The number of allylic oxidation sites excluding steroid dienone is 1. The van der Waals surface area contributed by atoms with E-state index in [1.807, 2.05) is 0 Å². The maximum absolute atomic E-state index is 10.7. The lowest BCUT2D eigenvalue weighted by Gasteiger charge is -1.93. The third-order valence-corrected chi connectivity index (χ3v) is 2.27. The number of nitrogens with zero attached hydrogens (tertiary/aromatic N) is 2. The molecule has 2 aromatic heterocycles. The van der Waals surface area contributed by atoms with E-state index in [4.69, 9.17) is 0 Å². The molecule has 0 amide bonds. The van der Waals surface area contributed by atoms with E-state index < -0.39 is 4.92 Å². The fourth-order valence-electron chi connectivity index (χ4n) is 1.51. The first-order chi connectivity index (χ1) is 8.22. The summed E-state index contributed by atoms with van der Waals surface area (Å²) in [6, 6.07) is 1.66. The molecule has 6 nitrogen and oxygen atoms in total. The van der Waals surface area contributed by atoms with E-state index >= 15 is 0 Å². The summed E-state index contributed by atoms with van der Waals surface area (Å²) >= 11 is 0. The summed E-state index contributed by atoms with van der Waals surface area (Å²) in [5, 5.41) is 11.2. The molecule has 86 valence electrons. The Labute approximate surface area is 96.1 Å². The van der Waals surface area contributed by atoms with Crippen molar-refractivity contribution in [1.82, 2.24) is 9.97 Å². The molecule has 0 atom stereocenters. The molecule has 0 aliphatic heterocycles. The molecule has 0 fully saturated rings. The molecule has 0 aliphatic carbocycles. The van der Waals surface area contributed by atoms with Gasteiger partial charge in [-0.05, 0) is 11.6 Å². The van der Waals surface area contributed by atoms with Crippen LogP contribution in [0.1, 0.15) is 12.0 Å². The minimum atomic E-state index is -0.459. The van der Waals surface area contributed by atoms with Crippen LogP contribution in [0.2, 0.25) is 0 Å². The highest BCUT2D eigenvalue weighted by Crippen LogP contribution is 2.24. The Morgan fingerprint density at radius 1 is 1.53 bits per heavy atom. The van der Waals surface area contributed by atoms with Crippen LogP contribution in [-0.4, -0.2) is 21.2 Å². The lowest BCUT2D eigenvalue weighted by Crippen LogP contribution is -1.86. The number of fused-ring (bicyclic) bond motifs is 1. The van der Waals surface area contributed by atoms with Gasteiger partial charge in [-0.3, -0.25) is 10.1 Å². The van der Waals surface area contributed by atoms with Crippen molar-refractivity contribution in [3.63, 3.8) is 0 Å². The van der Waals surface area contributed by atoms with Crippen molar-refractivity contribution in [3.05, 3.63) is 40.2 Å². The van der Waals surface area contributed by atoms with Crippen LogP contribution in [0.25, 0.3) is 17.1 Å². The standard InChI is InChI=1S/C11H9N3O3/c15-4-2-1-3-8-5-9-10(14(16)17)7-13-11(9)12-6-8/h1,3-7H,2H2,(H,12,13). The van der Waals surface area contributed by atoms with Crippen LogP contribution in [0.4, 0.5) is 5.69 Å². The zero-order valence-corrected chi connectivity index (χ0v) is 8.79. The Morgan fingerprint density at radius 3 is 3.06 bits per heavy atom. The van der Waals surface area contributed by atoms with Gasteiger partial charge in [-0.25, -0.2) is 4.98 Å². The lowest BCUT2D eigenvalue weighted by molar-refractivity contribution is -0.383. The molecule has 0 aromatic carbocycles. The smallest absolute Gasteiger partial charge is 0.296 e. The summed E-state index contributed by atoms with van der Waals surface area (Å²) < 4.78 is 0. The predicted octanol–water partition coefficient (Wildman–Crippen LogP) is 2.07. The van der Waals surface area contributed by atoms with Gasteiger partial charge in [-0.2, -0.15) is 0 Å². The maximum Gasteiger partial charge on any atom is 0.296 e. The van der Waals surface area contributed by atoms with E-state index in [0.29, 0.717) is 17.5 Å². The number of rotatable bonds is 4. The first kappa shape index (κ1) is 11.0. The van der Waals surface area contributed by atoms with Crippen LogP contribution in [-0.2, 0) is 4.79 Å². The fraction of sp³-hybridized carbons (Fsp3) is 0.0909. The Bertz CT molecular complexity index is 601. The quantitative estimate of drug-likeness (QED) is 0.495. The second kappa shape index (κ2) is 4.56. The molecule has 0 saturated carbocycles. The zero-order valence-electron chi connectivity index (χ0n) is 8.79. The second-order valence-corrected chi connectivity index (χ2v) is 3.40. The SMILES string of the molecule is O=CCC=Cc1cnc2[nH]cc([N+](=O)[O-])c2c1. The summed E-state index contributed by atoms with van der Waals surface area (Å²) in [5.41, 5.74) is 1.20. The highest BCUT2D eigenvalue weighted by molar-refractivity contribution is 5.87. The number of aromatic nitrogens is 2. The van der Waals surface area contributed by atoms with E-state index in [9.17, 15) is 14.9 Å². The van der Waals surface area contributed by atoms with Crippen LogP contribution < -0.4 is 0 Å². The minimum Gasteiger partial charge on any atom is -0.340 e. The first-order valence-electron chi connectivity index (χ1n) is 4.94. The largest absolute Gasteiger partial charge is 0.340 e. The topological polar surface area (TPSA) is 88.9 Å². The van der Waals surface area contributed by atoms with Gasteiger partial charge in [-0.1, -0.05) is 12.2 Å². The molecule has 0 saturated heterocycles. The molecule has 6 heteroatoms. The predicted molar refractivity (Wildman–Crippen MR) is 62.5 cm³/mol. The van der Waals surface area contributed by atoms with E-state index in [1.165, 1.54) is 6.20 Å².